The summed E-state index contributed by atoms with van der Waals surface area (Å²) in [6.07, 6.45) is 3.35. The summed E-state index contributed by atoms with van der Waals surface area (Å²) in [5, 5.41) is 0. The fourth-order valence-electron chi connectivity index (χ4n) is 2.53. The number of nitrogens with two attached hydrogens (primary N) is 1. The molecule has 0 aliphatic carbocycles. The minimum absolute atomic E-state index is 0.578. The summed E-state index contributed by atoms with van der Waals surface area (Å²) in [5.41, 5.74) is 8.32. The van der Waals surface area contributed by atoms with Gasteiger partial charge in [-0.15, -0.1) is 0 Å². The molecule has 1 aliphatic rings. The van der Waals surface area contributed by atoms with Crippen LogP contribution in [0.1, 0.15) is 30.9 Å². The van der Waals surface area contributed by atoms with Crippen LogP contribution >= 0.6 is 12.2 Å². The first kappa shape index (κ1) is 13.5. The Labute approximate surface area is 115 Å². The van der Waals surface area contributed by atoms with Crippen molar-refractivity contribution in [1.82, 2.24) is 4.90 Å². The number of hydrogen-bond donors (Lipinski definition) is 1. The van der Waals surface area contributed by atoms with Gasteiger partial charge in [0.2, 0.25) is 0 Å². The normalized spacial score (nSPS) is 17.8. The number of likely N-dealkylation sites (tertiary alicyclic amines) is 1. The SMILES string of the molecule is CC1CCN(Cc2ccccc2CC(N)=S)CC1. The molecular weight excluding hydrogens is 240 g/mol. The van der Waals surface area contributed by atoms with Crippen molar-refractivity contribution in [1.29, 1.82) is 0 Å². The monoisotopic (exact) mass is 262 g/mol. The number of nitrogens with zero attached hydrogens (tertiary/aromatic N) is 1. The molecule has 18 heavy (non-hydrogen) atoms. The lowest BCUT2D eigenvalue weighted by Crippen LogP contribution is -2.32. The second-order valence-corrected chi connectivity index (χ2v) is 5.89. The fraction of sp³-hybridized carbons (Fsp3) is 0.533. The Kier molecular flexibility index (Phi) is 4.72. The van der Waals surface area contributed by atoms with Crippen molar-refractivity contribution in [2.75, 3.05) is 13.1 Å². The van der Waals surface area contributed by atoms with Gasteiger partial charge in [-0.05, 0) is 43.0 Å². The van der Waals surface area contributed by atoms with Crippen molar-refractivity contribution in [2.45, 2.75) is 32.7 Å². The molecule has 1 aromatic rings. The van der Waals surface area contributed by atoms with E-state index in [0.29, 0.717) is 4.99 Å². The van der Waals surface area contributed by atoms with Gasteiger partial charge in [-0.3, -0.25) is 4.90 Å². The fourth-order valence-corrected chi connectivity index (χ4v) is 2.69. The summed E-state index contributed by atoms with van der Waals surface area (Å²) < 4.78 is 0. The minimum Gasteiger partial charge on any atom is -0.393 e. The molecule has 0 unspecified atom stereocenters. The lowest BCUT2D eigenvalue weighted by Gasteiger charge is -2.30. The maximum Gasteiger partial charge on any atom is 0.0771 e. The quantitative estimate of drug-likeness (QED) is 0.846. The van der Waals surface area contributed by atoms with Gasteiger partial charge >= 0.3 is 0 Å². The van der Waals surface area contributed by atoms with Crippen molar-refractivity contribution in [3.8, 4) is 0 Å². The molecule has 2 nitrogen and oxygen atoms in total. The lowest BCUT2D eigenvalue weighted by atomic mass is 9.97. The van der Waals surface area contributed by atoms with Crippen LogP contribution in [0.5, 0.6) is 0 Å². The highest BCUT2D eigenvalue weighted by Gasteiger charge is 2.16. The zero-order valence-corrected chi connectivity index (χ0v) is 11.9. The van der Waals surface area contributed by atoms with E-state index < -0.39 is 0 Å². The molecule has 1 heterocycles. The Hall–Kier alpha value is -0.930. The van der Waals surface area contributed by atoms with Crippen LogP contribution in [0.3, 0.4) is 0 Å². The molecule has 2 rings (SSSR count). The summed E-state index contributed by atoms with van der Waals surface area (Å²) in [6, 6.07) is 8.51. The van der Waals surface area contributed by atoms with Crippen molar-refractivity contribution in [2.24, 2.45) is 11.7 Å². The van der Waals surface area contributed by atoms with Crippen molar-refractivity contribution < 1.29 is 0 Å². The number of benzene rings is 1. The Bertz CT molecular complexity index is 409. The van der Waals surface area contributed by atoms with Gasteiger partial charge in [0.1, 0.15) is 0 Å². The second kappa shape index (κ2) is 6.30. The first-order valence-electron chi connectivity index (χ1n) is 6.72. The van der Waals surface area contributed by atoms with Gasteiger partial charge in [0.25, 0.3) is 0 Å². The molecular formula is C15H22N2S. The van der Waals surface area contributed by atoms with Gasteiger partial charge in [-0.25, -0.2) is 0 Å². The van der Waals surface area contributed by atoms with Gasteiger partial charge in [0.15, 0.2) is 0 Å². The van der Waals surface area contributed by atoms with E-state index in [1.807, 2.05) is 0 Å². The molecule has 1 aliphatic heterocycles. The maximum absolute atomic E-state index is 5.66. The van der Waals surface area contributed by atoms with E-state index in [2.05, 4.69) is 36.1 Å². The van der Waals surface area contributed by atoms with Crippen LogP contribution in [-0.2, 0) is 13.0 Å². The molecule has 98 valence electrons. The average Bonchev–Trinajstić information content (AvgIpc) is 2.34. The molecule has 0 radical (unpaired) electrons. The minimum atomic E-state index is 0.578. The number of piperidine rings is 1. The first-order chi connectivity index (χ1) is 8.65. The van der Waals surface area contributed by atoms with E-state index in [1.165, 1.54) is 37.1 Å². The molecule has 1 aromatic carbocycles. The molecule has 0 spiro atoms. The van der Waals surface area contributed by atoms with Crippen LogP contribution in [0.25, 0.3) is 0 Å². The average molecular weight is 262 g/mol. The van der Waals surface area contributed by atoms with E-state index in [1.54, 1.807) is 0 Å². The van der Waals surface area contributed by atoms with Crippen molar-refractivity contribution in [3.63, 3.8) is 0 Å². The predicted molar refractivity (Wildman–Crippen MR) is 80.6 cm³/mol. The third-order valence-electron chi connectivity index (χ3n) is 3.75. The molecule has 3 heteroatoms. The van der Waals surface area contributed by atoms with E-state index in [-0.39, 0.29) is 0 Å². The highest BCUT2D eigenvalue weighted by atomic mass is 32.1. The highest BCUT2D eigenvalue weighted by molar-refractivity contribution is 7.80. The molecule has 1 saturated heterocycles. The lowest BCUT2D eigenvalue weighted by molar-refractivity contribution is 0.185. The van der Waals surface area contributed by atoms with E-state index in [9.17, 15) is 0 Å². The van der Waals surface area contributed by atoms with Gasteiger partial charge in [0, 0.05) is 13.0 Å². The summed E-state index contributed by atoms with van der Waals surface area (Å²) in [6.45, 7) is 5.80. The predicted octanol–water partition coefficient (Wildman–Crippen LogP) is 2.75. The van der Waals surface area contributed by atoms with Crippen LogP contribution in [0.15, 0.2) is 24.3 Å². The van der Waals surface area contributed by atoms with Crippen molar-refractivity contribution in [3.05, 3.63) is 35.4 Å². The van der Waals surface area contributed by atoms with E-state index in [0.717, 1.165) is 18.9 Å². The summed E-state index contributed by atoms with van der Waals surface area (Å²) in [4.78, 5) is 3.12. The Balaban J connectivity index is 2.02. The van der Waals surface area contributed by atoms with Crippen LogP contribution in [0.4, 0.5) is 0 Å². The van der Waals surface area contributed by atoms with Gasteiger partial charge < -0.3 is 5.73 Å². The summed E-state index contributed by atoms with van der Waals surface area (Å²) >= 11 is 5.02. The molecule has 2 N–H and O–H groups in total. The molecule has 0 saturated carbocycles. The standard InChI is InChI=1S/C15H22N2S/c1-12-6-8-17(9-7-12)11-14-5-3-2-4-13(14)10-15(16)18/h2-5,12H,6-11H2,1H3,(H2,16,18). The highest BCUT2D eigenvalue weighted by Crippen LogP contribution is 2.19. The van der Waals surface area contributed by atoms with Crippen molar-refractivity contribution >= 4 is 17.2 Å². The second-order valence-electron chi connectivity index (χ2n) is 5.37. The van der Waals surface area contributed by atoms with Crippen LogP contribution < -0.4 is 5.73 Å². The Morgan fingerprint density at radius 2 is 1.89 bits per heavy atom. The molecule has 1 fully saturated rings. The van der Waals surface area contributed by atoms with E-state index >= 15 is 0 Å². The number of thiocarbonyl (C=S) groups is 1. The smallest absolute Gasteiger partial charge is 0.0771 e. The third kappa shape index (κ3) is 3.79. The van der Waals surface area contributed by atoms with E-state index in [4.69, 9.17) is 18.0 Å². The topological polar surface area (TPSA) is 29.3 Å². The van der Waals surface area contributed by atoms with Crippen LogP contribution in [-0.4, -0.2) is 23.0 Å². The number of rotatable bonds is 4. The van der Waals surface area contributed by atoms with Gasteiger partial charge in [-0.1, -0.05) is 43.4 Å². The van der Waals surface area contributed by atoms with Crippen LogP contribution in [0.2, 0.25) is 0 Å². The van der Waals surface area contributed by atoms with Gasteiger partial charge in [0.05, 0.1) is 4.99 Å². The third-order valence-corrected chi connectivity index (χ3v) is 3.90. The summed E-state index contributed by atoms with van der Waals surface area (Å²) in [7, 11) is 0. The van der Waals surface area contributed by atoms with Gasteiger partial charge in [-0.2, -0.15) is 0 Å². The molecule has 0 amide bonds. The molecule has 0 bridgehead atoms. The first-order valence-corrected chi connectivity index (χ1v) is 7.13. The zero-order chi connectivity index (χ0) is 13.0. The number of hydrogen-bond acceptors (Lipinski definition) is 2. The molecule has 0 atom stereocenters. The largest absolute Gasteiger partial charge is 0.393 e. The Morgan fingerprint density at radius 3 is 2.50 bits per heavy atom. The maximum atomic E-state index is 5.66. The van der Waals surface area contributed by atoms with Crippen LogP contribution in [0, 0.1) is 5.92 Å². The zero-order valence-electron chi connectivity index (χ0n) is 11.1. The molecule has 0 aromatic heterocycles. The Morgan fingerprint density at radius 1 is 1.28 bits per heavy atom. The summed E-state index contributed by atoms with van der Waals surface area (Å²) in [5.74, 6) is 0.883.